The standard InChI is InChI=1S/C8H6FN3O2S/c9-6-1-2-7(10-5-6)8-3-4-12(11-8)15(13)14/h1-5,15H. The maximum atomic E-state index is 12.6. The van der Waals surface area contributed by atoms with Gasteiger partial charge in [-0.25, -0.2) is 12.8 Å². The van der Waals surface area contributed by atoms with Gasteiger partial charge in [0.2, 0.25) is 10.9 Å². The van der Waals surface area contributed by atoms with Crippen LogP contribution in [-0.4, -0.2) is 22.6 Å². The molecular weight excluding hydrogens is 221 g/mol. The summed E-state index contributed by atoms with van der Waals surface area (Å²) in [6.07, 6.45) is 2.34. The van der Waals surface area contributed by atoms with Gasteiger partial charge in [0.05, 0.1) is 11.9 Å². The summed E-state index contributed by atoms with van der Waals surface area (Å²) in [4.78, 5) is 3.77. The van der Waals surface area contributed by atoms with Crippen LogP contribution in [0.1, 0.15) is 0 Å². The average molecular weight is 227 g/mol. The first-order valence-electron chi connectivity index (χ1n) is 3.99. The summed E-state index contributed by atoms with van der Waals surface area (Å²) in [5.41, 5.74) is 0.807. The number of aromatic nitrogens is 3. The minimum absolute atomic E-state index is 0.384. The summed E-state index contributed by atoms with van der Waals surface area (Å²) >= 11 is 0. The Labute approximate surface area is 86.3 Å². The molecule has 5 nitrogen and oxygen atoms in total. The van der Waals surface area contributed by atoms with E-state index in [2.05, 4.69) is 10.1 Å². The van der Waals surface area contributed by atoms with Crippen LogP contribution in [0.2, 0.25) is 0 Å². The summed E-state index contributed by atoms with van der Waals surface area (Å²) in [6.45, 7) is 0. The number of rotatable bonds is 2. The molecule has 0 bridgehead atoms. The quantitative estimate of drug-likeness (QED) is 0.757. The Hall–Kier alpha value is -1.76. The Bertz CT molecular complexity index is 539. The van der Waals surface area contributed by atoms with Gasteiger partial charge in [-0.15, -0.1) is 0 Å². The van der Waals surface area contributed by atoms with Crippen LogP contribution in [-0.2, 0) is 10.9 Å². The van der Waals surface area contributed by atoms with Crippen LogP contribution in [0.3, 0.4) is 0 Å². The monoisotopic (exact) mass is 227 g/mol. The fourth-order valence-electron chi connectivity index (χ4n) is 1.07. The van der Waals surface area contributed by atoms with E-state index >= 15 is 0 Å². The third-order valence-electron chi connectivity index (χ3n) is 1.73. The lowest BCUT2D eigenvalue weighted by Gasteiger charge is -1.93. The molecule has 0 saturated heterocycles. The van der Waals surface area contributed by atoms with Gasteiger partial charge < -0.3 is 0 Å². The van der Waals surface area contributed by atoms with E-state index in [-0.39, 0.29) is 0 Å². The van der Waals surface area contributed by atoms with Gasteiger partial charge in [-0.2, -0.15) is 9.19 Å². The molecule has 0 amide bonds. The van der Waals surface area contributed by atoms with Crippen molar-refractivity contribution in [2.24, 2.45) is 0 Å². The molecule has 0 radical (unpaired) electrons. The molecule has 0 aliphatic rings. The van der Waals surface area contributed by atoms with Crippen LogP contribution in [0.5, 0.6) is 0 Å². The van der Waals surface area contributed by atoms with Crippen LogP contribution in [0.15, 0.2) is 30.6 Å². The maximum absolute atomic E-state index is 12.6. The summed E-state index contributed by atoms with van der Waals surface area (Å²) in [5, 5.41) is 3.75. The highest BCUT2D eigenvalue weighted by atomic mass is 32.2. The molecule has 2 rings (SSSR count). The van der Waals surface area contributed by atoms with Gasteiger partial charge in [0.25, 0.3) is 0 Å². The van der Waals surface area contributed by atoms with E-state index in [1.165, 1.54) is 24.4 Å². The van der Waals surface area contributed by atoms with Crippen molar-refractivity contribution < 1.29 is 12.8 Å². The van der Waals surface area contributed by atoms with E-state index in [9.17, 15) is 12.8 Å². The van der Waals surface area contributed by atoms with Crippen molar-refractivity contribution >= 4 is 10.9 Å². The zero-order valence-corrected chi connectivity index (χ0v) is 8.26. The van der Waals surface area contributed by atoms with Crippen molar-refractivity contribution in [1.82, 2.24) is 14.2 Å². The average Bonchev–Trinajstić information content (AvgIpc) is 2.68. The zero-order valence-electron chi connectivity index (χ0n) is 7.37. The van der Waals surface area contributed by atoms with Crippen LogP contribution in [0.4, 0.5) is 4.39 Å². The van der Waals surface area contributed by atoms with Crippen molar-refractivity contribution in [3.63, 3.8) is 0 Å². The zero-order chi connectivity index (χ0) is 10.8. The fourth-order valence-corrected chi connectivity index (χ4v) is 1.41. The SMILES string of the molecule is O=[SH](=O)n1ccc(-c2ccc(F)cn2)n1. The molecule has 2 heterocycles. The molecular formula is C8H6FN3O2S. The van der Waals surface area contributed by atoms with Gasteiger partial charge in [-0.05, 0) is 18.2 Å². The molecule has 2 aromatic heterocycles. The van der Waals surface area contributed by atoms with Gasteiger partial charge in [-0.1, -0.05) is 0 Å². The predicted molar refractivity (Wildman–Crippen MR) is 51.1 cm³/mol. The molecule has 0 saturated carbocycles. The van der Waals surface area contributed by atoms with Gasteiger partial charge in [0.1, 0.15) is 11.5 Å². The number of thiol groups is 1. The smallest absolute Gasteiger partial charge is 0.243 e. The van der Waals surface area contributed by atoms with Gasteiger partial charge in [0.15, 0.2) is 0 Å². The van der Waals surface area contributed by atoms with E-state index in [1.54, 1.807) is 0 Å². The number of pyridine rings is 1. The van der Waals surface area contributed by atoms with Crippen molar-refractivity contribution in [3.8, 4) is 11.4 Å². The topological polar surface area (TPSA) is 64.8 Å². The first kappa shape index (κ1) is 9.78. The molecule has 0 unspecified atom stereocenters. The van der Waals surface area contributed by atoms with E-state index in [0.29, 0.717) is 11.4 Å². The predicted octanol–water partition coefficient (Wildman–Crippen LogP) is 0.459. The lowest BCUT2D eigenvalue weighted by atomic mass is 10.3. The molecule has 0 spiro atoms. The summed E-state index contributed by atoms with van der Waals surface area (Å²) in [7, 11) is -2.77. The number of nitrogens with zero attached hydrogens (tertiary/aromatic N) is 3. The highest BCUT2D eigenvalue weighted by Crippen LogP contribution is 2.13. The normalized spacial score (nSPS) is 10.8. The molecule has 0 atom stereocenters. The first-order chi connectivity index (χ1) is 7.16. The number of hydrogen-bond acceptors (Lipinski definition) is 4. The van der Waals surface area contributed by atoms with E-state index in [1.807, 2.05) is 0 Å². The Morgan fingerprint density at radius 1 is 1.20 bits per heavy atom. The summed E-state index contributed by atoms with van der Waals surface area (Å²) in [5.74, 6) is -0.451. The molecule has 7 heteroatoms. The van der Waals surface area contributed by atoms with Gasteiger partial charge >= 0.3 is 0 Å². The third-order valence-corrected chi connectivity index (χ3v) is 2.29. The van der Waals surface area contributed by atoms with Crippen molar-refractivity contribution in [1.29, 1.82) is 0 Å². The Balaban J connectivity index is 2.41. The Kier molecular flexibility index (Phi) is 2.46. The second-order valence-corrected chi connectivity index (χ2v) is 3.61. The lowest BCUT2D eigenvalue weighted by Crippen LogP contribution is -1.96. The van der Waals surface area contributed by atoms with E-state index < -0.39 is 16.7 Å². The maximum Gasteiger partial charge on any atom is 0.243 e. The minimum atomic E-state index is -2.77. The first-order valence-corrected chi connectivity index (χ1v) is 5.12. The second kappa shape index (κ2) is 3.77. The second-order valence-electron chi connectivity index (χ2n) is 2.72. The van der Waals surface area contributed by atoms with Crippen molar-refractivity contribution in [2.45, 2.75) is 0 Å². The third kappa shape index (κ3) is 2.01. The van der Waals surface area contributed by atoms with Gasteiger partial charge in [0, 0.05) is 6.20 Å². The largest absolute Gasteiger partial charge is 0.251 e. The molecule has 0 fully saturated rings. The van der Waals surface area contributed by atoms with Crippen LogP contribution in [0.25, 0.3) is 11.4 Å². The Morgan fingerprint density at radius 2 is 2.00 bits per heavy atom. The van der Waals surface area contributed by atoms with E-state index in [0.717, 1.165) is 10.3 Å². The molecule has 0 aliphatic heterocycles. The molecule has 0 aromatic carbocycles. The van der Waals surface area contributed by atoms with E-state index in [4.69, 9.17) is 0 Å². The summed E-state index contributed by atoms with van der Waals surface area (Å²) < 4.78 is 34.5. The molecule has 15 heavy (non-hydrogen) atoms. The van der Waals surface area contributed by atoms with Crippen LogP contribution in [0, 0.1) is 5.82 Å². The van der Waals surface area contributed by atoms with Crippen LogP contribution >= 0.6 is 0 Å². The van der Waals surface area contributed by atoms with Crippen molar-refractivity contribution in [3.05, 3.63) is 36.4 Å². The number of halogens is 1. The summed E-state index contributed by atoms with van der Waals surface area (Å²) in [6, 6.07) is 4.16. The molecule has 0 N–H and O–H groups in total. The molecule has 78 valence electrons. The fraction of sp³-hybridized carbons (Fsp3) is 0. The highest BCUT2D eigenvalue weighted by Gasteiger charge is 2.04. The van der Waals surface area contributed by atoms with Crippen LogP contribution < -0.4 is 0 Å². The minimum Gasteiger partial charge on any atom is -0.251 e. The lowest BCUT2D eigenvalue weighted by molar-refractivity contribution is 0.600. The highest BCUT2D eigenvalue weighted by molar-refractivity contribution is 7.70. The van der Waals surface area contributed by atoms with Crippen molar-refractivity contribution in [2.75, 3.05) is 0 Å². The van der Waals surface area contributed by atoms with Gasteiger partial charge in [-0.3, -0.25) is 4.98 Å². The molecule has 0 aliphatic carbocycles. The number of hydrogen-bond donors (Lipinski definition) is 1. The Morgan fingerprint density at radius 3 is 2.53 bits per heavy atom. The molecule has 2 aromatic rings.